The van der Waals surface area contributed by atoms with E-state index < -0.39 is 17.7 Å². The fourth-order valence-corrected chi connectivity index (χ4v) is 2.09. The highest BCUT2D eigenvalue weighted by molar-refractivity contribution is 5.68. The number of rotatable bonds is 5. The molecule has 0 saturated heterocycles. The van der Waals surface area contributed by atoms with Crippen molar-refractivity contribution in [3.05, 3.63) is 0 Å². The minimum absolute atomic E-state index is 0.114. The first-order valence-corrected chi connectivity index (χ1v) is 7.57. The monoisotopic (exact) mass is 319 g/mol. The van der Waals surface area contributed by atoms with Gasteiger partial charge in [-0.3, -0.25) is 0 Å². The van der Waals surface area contributed by atoms with E-state index in [1.807, 2.05) is 6.92 Å². The van der Waals surface area contributed by atoms with E-state index >= 15 is 0 Å². The summed E-state index contributed by atoms with van der Waals surface area (Å²) in [7, 11) is 0. The van der Waals surface area contributed by atoms with Crippen LogP contribution in [0.4, 0.5) is 4.79 Å². The zero-order valence-electron chi connectivity index (χ0n) is 14.0. The normalized spacial score (nSPS) is 21.5. The maximum absolute atomic E-state index is 10.3. The van der Waals surface area contributed by atoms with Crippen LogP contribution in [0.3, 0.4) is 0 Å². The Kier molecular flexibility index (Phi) is 9.76. The van der Waals surface area contributed by atoms with E-state index in [0.29, 0.717) is 6.10 Å². The fourth-order valence-electron chi connectivity index (χ4n) is 2.09. The summed E-state index contributed by atoms with van der Waals surface area (Å²) in [6, 6.07) is 0. The number of amides is 1. The summed E-state index contributed by atoms with van der Waals surface area (Å²) in [6.45, 7) is 7.86. The standard InChI is InChI=1S/C10H18O4.C5H11NO2/c1-2-13-8-3-5-9(6-4-8)14-7-10(11)12;1-5(2,3)8-4(6)7/h8-9H,2-7H2,1H3,(H,11,12);1-3H3,(H2,6,7). The number of carbonyl (C=O) groups excluding carboxylic acids is 1. The van der Waals surface area contributed by atoms with E-state index in [-0.39, 0.29) is 12.7 Å². The molecule has 0 unspecified atom stereocenters. The van der Waals surface area contributed by atoms with Gasteiger partial charge in [0.1, 0.15) is 12.2 Å². The van der Waals surface area contributed by atoms with Crippen LogP contribution < -0.4 is 5.73 Å². The van der Waals surface area contributed by atoms with Gasteiger partial charge in [0.15, 0.2) is 0 Å². The Morgan fingerprint density at radius 2 is 1.55 bits per heavy atom. The molecular formula is C15H29NO6. The Bertz CT molecular complexity index is 331. The second kappa shape index (κ2) is 10.4. The molecule has 0 spiro atoms. The average Bonchev–Trinajstić information content (AvgIpc) is 2.36. The Hall–Kier alpha value is -1.34. The van der Waals surface area contributed by atoms with Crippen molar-refractivity contribution < 1.29 is 28.9 Å². The Balaban J connectivity index is 0.000000472. The average molecular weight is 319 g/mol. The number of nitrogens with two attached hydrogens (primary N) is 1. The van der Waals surface area contributed by atoms with Crippen molar-refractivity contribution in [2.45, 2.75) is 71.2 Å². The first-order valence-electron chi connectivity index (χ1n) is 7.57. The SMILES string of the molecule is CC(C)(C)OC(N)=O.CCOC1CCC(OCC(=O)O)CC1. The minimum Gasteiger partial charge on any atom is -0.480 e. The van der Waals surface area contributed by atoms with Crippen LogP contribution in [0.15, 0.2) is 0 Å². The summed E-state index contributed by atoms with van der Waals surface area (Å²) in [4.78, 5) is 20.3. The van der Waals surface area contributed by atoms with Crippen molar-refractivity contribution in [2.75, 3.05) is 13.2 Å². The van der Waals surface area contributed by atoms with Gasteiger partial charge in [0, 0.05) is 6.61 Å². The molecule has 1 rings (SSSR count). The highest BCUT2D eigenvalue weighted by Gasteiger charge is 2.22. The molecule has 1 fully saturated rings. The van der Waals surface area contributed by atoms with Gasteiger partial charge in [-0.2, -0.15) is 0 Å². The summed E-state index contributed by atoms with van der Waals surface area (Å²) in [6.07, 6.45) is 3.54. The number of hydrogen-bond acceptors (Lipinski definition) is 5. The maximum atomic E-state index is 10.3. The molecule has 1 saturated carbocycles. The lowest BCUT2D eigenvalue weighted by molar-refractivity contribution is -0.145. The summed E-state index contributed by atoms with van der Waals surface area (Å²) < 4.78 is 15.3. The molecular weight excluding hydrogens is 290 g/mol. The minimum atomic E-state index is -0.892. The number of carboxylic acid groups (broad SMARTS) is 1. The third-order valence-corrected chi connectivity index (χ3v) is 2.87. The highest BCUT2D eigenvalue weighted by atomic mass is 16.6. The van der Waals surface area contributed by atoms with Crippen LogP contribution >= 0.6 is 0 Å². The molecule has 130 valence electrons. The summed E-state index contributed by atoms with van der Waals surface area (Å²) in [5.74, 6) is -0.892. The Morgan fingerprint density at radius 1 is 1.09 bits per heavy atom. The third-order valence-electron chi connectivity index (χ3n) is 2.87. The van der Waals surface area contributed by atoms with Crippen LogP contribution in [0.25, 0.3) is 0 Å². The van der Waals surface area contributed by atoms with Crippen molar-refractivity contribution in [3.63, 3.8) is 0 Å². The van der Waals surface area contributed by atoms with Gasteiger partial charge in [0.05, 0.1) is 12.2 Å². The predicted molar refractivity (Wildman–Crippen MR) is 81.7 cm³/mol. The van der Waals surface area contributed by atoms with E-state index in [1.165, 1.54) is 0 Å². The number of aliphatic carboxylic acids is 1. The molecule has 0 radical (unpaired) electrons. The van der Waals surface area contributed by atoms with Crippen LogP contribution in [0.1, 0.15) is 53.4 Å². The number of hydrogen-bond donors (Lipinski definition) is 2. The van der Waals surface area contributed by atoms with Gasteiger partial charge >= 0.3 is 12.1 Å². The molecule has 0 bridgehead atoms. The number of carboxylic acids is 1. The molecule has 0 aromatic heterocycles. The number of carbonyl (C=O) groups is 2. The largest absolute Gasteiger partial charge is 0.480 e. The van der Waals surface area contributed by atoms with Crippen molar-refractivity contribution >= 4 is 12.1 Å². The first-order chi connectivity index (χ1) is 10.1. The molecule has 0 aromatic rings. The van der Waals surface area contributed by atoms with E-state index in [4.69, 9.17) is 20.3 Å². The Morgan fingerprint density at radius 3 is 1.82 bits per heavy atom. The molecule has 0 heterocycles. The molecule has 0 aromatic carbocycles. The van der Waals surface area contributed by atoms with Crippen molar-refractivity contribution in [3.8, 4) is 0 Å². The van der Waals surface area contributed by atoms with Gasteiger partial charge in [-0.05, 0) is 53.4 Å². The van der Waals surface area contributed by atoms with E-state index in [2.05, 4.69) is 4.74 Å². The quantitative estimate of drug-likeness (QED) is 0.805. The molecule has 0 atom stereocenters. The van der Waals surface area contributed by atoms with E-state index in [0.717, 1.165) is 32.3 Å². The van der Waals surface area contributed by atoms with Gasteiger partial charge in [-0.25, -0.2) is 9.59 Å². The number of ether oxygens (including phenoxy) is 3. The summed E-state index contributed by atoms with van der Waals surface area (Å²) in [5.41, 5.74) is 4.26. The Labute approximate surface area is 132 Å². The van der Waals surface area contributed by atoms with Crippen LogP contribution in [0.2, 0.25) is 0 Å². The maximum Gasteiger partial charge on any atom is 0.405 e. The summed E-state index contributed by atoms with van der Waals surface area (Å²) >= 11 is 0. The topological polar surface area (TPSA) is 108 Å². The van der Waals surface area contributed by atoms with Gasteiger partial charge in [-0.15, -0.1) is 0 Å². The van der Waals surface area contributed by atoms with Crippen LogP contribution in [0.5, 0.6) is 0 Å². The smallest absolute Gasteiger partial charge is 0.405 e. The molecule has 1 aliphatic carbocycles. The molecule has 7 nitrogen and oxygen atoms in total. The molecule has 0 aliphatic heterocycles. The van der Waals surface area contributed by atoms with E-state index in [9.17, 15) is 9.59 Å². The fraction of sp³-hybridized carbons (Fsp3) is 0.867. The number of primary amides is 1. The van der Waals surface area contributed by atoms with Crippen LogP contribution in [0, 0.1) is 0 Å². The van der Waals surface area contributed by atoms with Crippen molar-refractivity contribution in [1.29, 1.82) is 0 Å². The van der Waals surface area contributed by atoms with Gasteiger partial charge < -0.3 is 25.1 Å². The lowest BCUT2D eigenvalue weighted by Crippen LogP contribution is -2.28. The van der Waals surface area contributed by atoms with Crippen molar-refractivity contribution in [2.24, 2.45) is 5.73 Å². The van der Waals surface area contributed by atoms with Gasteiger partial charge in [0.2, 0.25) is 0 Å². The van der Waals surface area contributed by atoms with Gasteiger partial charge in [-0.1, -0.05) is 0 Å². The van der Waals surface area contributed by atoms with Gasteiger partial charge in [0.25, 0.3) is 0 Å². The predicted octanol–water partition coefficient (Wildman–Crippen LogP) is 2.32. The lowest BCUT2D eigenvalue weighted by Gasteiger charge is -2.27. The molecule has 1 amide bonds. The second-order valence-electron chi connectivity index (χ2n) is 6.09. The van der Waals surface area contributed by atoms with Crippen LogP contribution in [-0.2, 0) is 19.0 Å². The molecule has 3 N–H and O–H groups in total. The molecule has 22 heavy (non-hydrogen) atoms. The molecule has 1 aliphatic rings. The molecule has 7 heteroatoms. The zero-order chi connectivity index (χ0) is 17.2. The lowest BCUT2D eigenvalue weighted by atomic mass is 9.95. The first kappa shape index (κ1) is 20.7. The second-order valence-corrected chi connectivity index (χ2v) is 6.09. The van der Waals surface area contributed by atoms with E-state index in [1.54, 1.807) is 20.8 Å². The highest BCUT2D eigenvalue weighted by Crippen LogP contribution is 2.23. The third kappa shape index (κ3) is 12.4. The van der Waals surface area contributed by atoms with Crippen molar-refractivity contribution in [1.82, 2.24) is 0 Å². The summed E-state index contributed by atoms with van der Waals surface area (Å²) in [5, 5.41) is 8.43. The zero-order valence-corrected chi connectivity index (χ0v) is 14.0. The van der Waals surface area contributed by atoms with Crippen LogP contribution in [-0.4, -0.2) is 48.2 Å².